The summed E-state index contributed by atoms with van der Waals surface area (Å²) in [7, 11) is 3.43. The fraction of sp³-hybridized carbons (Fsp3) is 0.333. The molecule has 0 aliphatic heterocycles. The quantitative estimate of drug-likeness (QED) is 0.410. The van der Waals surface area contributed by atoms with Gasteiger partial charge < -0.3 is 0 Å². The topological polar surface area (TPSA) is 0 Å². The van der Waals surface area contributed by atoms with Crippen LogP contribution in [0.3, 0.4) is 0 Å². The molecule has 0 aromatic rings. The van der Waals surface area contributed by atoms with Crippen molar-refractivity contribution in [2.45, 2.75) is 13.3 Å². The number of hydrogen-bond acceptors (Lipinski definition) is 0. The summed E-state index contributed by atoms with van der Waals surface area (Å²) in [6.45, 7) is 2.10. The van der Waals surface area contributed by atoms with Crippen molar-refractivity contribution in [3.05, 3.63) is 22.9 Å². The first-order valence-corrected chi connectivity index (χ1v) is 2.88. The van der Waals surface area contributed by atoms with Crippen molar-refractivity contribution in [1.82, 2.24) is 0 Å². The van der Waals surface area contributed by atoms with E-state index in [9.17, 15) is 0 Å². The lowest BCUT2D eigenvalue weighted by atomic mass is 10.3. The van der Waals surface area contributed by atoms with Gasteiger partial charge in [-0.3, -0.25) is 0 Å². The monoisotopic (exact) mass is 107 g/mol. The molecule has 1 aliphatic rings. The Morgan fingerprint density at radius 2 is 2.43 bits per heavy atom. The van der Waals surface area contributed by atoms with Crippen molar-refractivity contribution in [3.8, 4) is 0 Å². The zero-order valence-electron chi connectivity index (χ0n) is 4.36. The van der Waals surface area contributed by atoms with Crippen molar-refractivity contribution in [1.29, 1.82) is 0 Å². The third-order valence-corrected chi connectivity index (χ3v) is 1.39. The van der Waals surface area contributed by atoms with Gasteiger partial charge in [-0.15, -0.1) is 0 Å². The summed E-state index contributed by atoms with van der Waals surface area (Å²) >= 11 is 0. The third-order valence-electron chi connectivity index (χ3n) is 1.05. The Kier molecular flexibility index (Phi) is 1.15. The van der Waals surface area contributed by atoms with E-state index in [1.807, 2.05) is 0 Å². The number of hydrogen-bond donors (Lipinski definition) is 0. The lowest BCUT2D eigenvalue weighted by Crippen LogP contribution is -1.68. The molecule has 0 saturated carbocycles. The minimum absolute atomic E-state index is 1.09. The molecule has 0 aromatic carbocycles. The van der Waals surface area contributed by atoms with E-state index in [-0.39, 0.29) is 0 Å². The average molecular weight is 107 g/mol. The van der Waals surface area contributed by atoms with E-state index in [0.29, 0.717) is 0 Å². The Balaban J connectivity index is 2.69. The summed E-state index contributed by atoms with van der Waals surface area (Å²) in [6, 6.07) is 0. The van der Waals surface area contributed by atoms with Crippen LogP contribution in [0.4, 0.5) is 0 Å². The van der Waals surface area contributed by atoms with Gasteiger partial charge >= 0.3 is 0 Å². The summed E-state index contributed by atoms with van der Waals surface area (Å²) in [5.41, 5.74) is 1.37. The zero-order chi connectivity index (χ0) is 5.28. The molecule has 0 atom stereocenters. The maximum absolute atomic E-state index is 3.43. The molecule has 1 heteroatoms. The van der Waals surface area contributed by atoms with Gasteiger partial charge in [-0.05, 0) is 13.3 Å². The first-order chi connectivity index (χ1) is 3.29. The SMILES string of the molecule is CC1=CCC([Si])=C1. The van der Waals surface area contributed by atoms with Crippen LogP contribution in [0.2, 0.25) is 0 Å². The smallest absolute Gasteiger partial charge is 0.0655 e. The highest BCUT2D eigenvalue weighted by atomic mass is 28.1. The molecular formula is C6H7Si. The first kappa shape index (κ1) is 4.85. The molecule has 0 nitrogen and oxygen atoms in total. The van der Waals surface area contributed by atoms with E-state index in [1.54, 1.807) is 0 Å². The molecular weight excluding hydrogens is 100 g/mol. The van der Waals surface area contributed by atoms with Gasteiger partial charge in [-0.2, -0.15) is 0 Å². The summed E-state index contributed by atoms with van der Waals surface area (Å²) in [4.78, 5) is 0. The molecule has 1 rings (SSSR count). The highest BCUT2D eigenvalue weighted by molar-refractivity contribution is 6.22. The highest BCUT2D eigenvalue weighted by Crippen LogP contribution is 2.12. The molecule has 0 fully saturated rings. The molecule has 0 saturated heterocycles. The van der Waals surface area contributed by atoms with E-state index < -0.39 is 0 Å². The Morgan fingerprint density at radius 1 is 1.71 bits per heavy atom. The van der Waals surface area contributed by atoms with Gasteiger partial charge in [0.15, 0.2) is 0 Å². The van der Waals surface area contributed by atoms with Crippen LogP contribution in [0.5, 0.6) is 0 Å². The van der Waals surface area contributed by atoms with Crippen molar-refractivity contribution in [3.63, 3.8) is 0 Å². The van der Waals surface area contributed by atoms with Gasteiger partial charge in [0.1, 0.15) is 0 Å². The van der Waals surface area contributed by atoms with Crippen LogP contribution in [-0.4, -0.2) is 10.2 Å². The molecule has 0 N–H and O–H groups in total. The van der Waals surface area contributed by atoms with Crippen molar-refractivity contribution in [2.75, 3.05) is 0 Å². The molecule has 0 bridgehead atoms. The van der Waals surface area contributed by atoms with Crippen LogP contribution in [0.15, 0.2) is 22.9 Å². The molecule has 7 heavy (non-hydrogen) atoms. The molecule has 0 spiro atoms. The largest absolute Gasteiger partial charge is 0.0844 e. The molecule has 35 valence electrons. The van der Waals surface area contributed by atoms with E-state index in [1.165, 1.54) is 10.8 Å². The fourth-order valence-electron chi connectivity index (χ4n) is 0.664. The molecule has 3 radical (unpaired) electrons. The second-order valence-corrected chi connectivity index (χ2v) is 2.46. The van der Waals surface area contributed by atoms with Gasteiger partial charge in [-0.25, -0.2) is 0 Å². The lowest BCUT2D eigenvalue weighted by Gasteiger charge is -1.79. The maximum atomic E-state index is 3.43. The first-order valence-electron chi connectivity index (χ1n) is 2.38. The van der Waals surface area contributed by atoms with E-state index in [0.717, 1.165) is 6.42 Å². The Labute approximate surface area is 47.3 Å². The second kappa shape index (κ2) is 1.66. The summed E-state index contributed by atoms with van der Waals surface area (Å²) < 4.78 is 0. The summed E-state index contributed by atoms with van der Waals surface area (Å²) in [5.74, 6) is 0. The zero-order valence-corrected chi connectivity index (χ0v) is 5.36. The summed E-state index contributed by atoms with van der Waals surface area (Å²) in [5, 5.41) is 1.29. The molecule has 0 aromatic heterocycles. The molecule has 0 heterocycles. The minimum atomic E-state index is 1.09. The minimum Gasteiger partial charge on any atom is -0.0844 e. The van der Waals surface area contributed by atoms with E-state index in [2.05, 4.69) is 29.3 Å². The van der Waals surface area contributed by atoms with Crippen molar-refractivity contribution < 1.29 is 0 Å². The van der Waals surface area contributed by atoms with E-state index in [4.69, 9.17) is 0 Å². The molecule has 1 aliphatic carbocycles. The van der Waals surface area contributed by atoms with Gasteiger partial charge in [0.05, 0.1) is 10.2 Å². The predicted octanol–water partition coefficient (Wildman–Crippen LogP) is 1.39. The van der Waals surface area contributed by atoms with Crippen LogP contribution in [0, 0.1) is 0 Å². The molecule has 0 amide bonds. The standard InChI is InChI=1S/C6H7Si/c1-5-2-3-6(7)4-5/h2,4H,3H2,1H3. The van der Waals surface area contributed by atoms with E-state index >= 15 is 0 Å². The van der Waals surface area contributed by atoms with Crippen LogP contribution in [0.1, 0.15) is 13.3 Å². The average Bonchev–Trinajstić information content (AvgIpc) is 1.87. The number of rotatable bonds is 0. The van der Waals surface area contributed by atoms with Gasteiger partial charge in [0, 0.05) is 0 Å². The number of allylic oxidation sites excluding steroid dienone is 4. The van der Waals surface area contributed by atoms with Gasteiger partial charge in [0.25, 0.3) is 0 Å². The summed E-state index contributed by atoms with van der Waals surface area (Å²) in [6.07, 6.45) is 5.42. The molecule has 0 unspecified atom stereocenters. The normalized spacial score (nSPS) is 19.1. The van der Waals surface area contributed by atoms with Crippen molar-refractivity contribution in [2.24, 2.45) is 0 Å². The third kappa shape index (κ3) is 1.03. The Bertz CT molecular complexity index is 131. The van der Waals surface area contributed by atoms with Gasteiger partial charge in [-0.1, -0.05) is 22.9 Å². The maximum Gasteiger partial charge on any atom is 0.0655 e. The van der Waals surface area contributed by atoms with Crippen LogP contribution in [0.25, 0.3) is 0 Å². The van der Waals surface area contributed by atoms with Gasteiger partial charge in [0.2, 0.25) is 0 Å². The lowest BCUT2D eigenvalue weighted by molar-refractivity contribution is 1.39. The van der Waals surface area contributed by atoms with Crippen LogP contribution in [-0.2, 0) is 0 Å². The Hall–Kier alpha value is -0.303. The Morgan fingerprint density at radius 3 is 2.57 bits per heavy atom. The van der Waals surface area contributed by atoms with Crippen LogP contribution >= 0.6 is 0 Å². The fourth-order valence-corrected chi connectivity index (χ4v) is 0.993. The van der Waals surface area contributed by atoms with Crippen LogP contribution < -0.4 is 0 Å². The van der Waals surface area contributed by atoms with Crippen molar-refractivity contribution >= 4 is 10.2 Å². The second-order valence-electron chi connectivity index (χ2n) is 1.82. The highest BCUT2D eigenvalue weighted by Gasteiger charge is 1.94. The predicted molar refractivity (Wildman–Crippen MR) is 32.2 cm³/mol.